The molecule has 0 amide bonds. The monoisotopic (exact) mass is 211 g/mol. The highest BCUT2D eigenvalue weighted by Crippen LogP contribution is 2.23. The van der Waals surface area contributed by atoms with Gasteiger partial charge in [-0.05, 0) is 6.92 Å². The van der Waals surface area contributed by atoms with Gasteiger partial charge in [0.1, 0.15) is 11.5 Å². The van der Waals surface area contributed by atoms with Gasteiger partial charge in [-0.25, -0.2) is 4.98 Å². The minimum absolute atomic E-state index is 0.0366. The first-order chi connectivity index (χ1) is 7.26. The second-order valence-electron chi connectivity index (χ2n) is 3.03. The molecule has 82 valence electrons. The highest BCUT2D eigenvalue weighted by molar-refractivity contribution is 5.70. The Balaban J connectivity index is 2.39. The summed E-state index contributed by atoms with van der Waals surface area (Å²) in [7, 11) is 0. The molecule has 4 N–H and O–H groups in total. The van der Waals surface area contributed by atoms with Crippen molar-refractivity contribution >= 4 is 11.3 Å². The summed E-state index contributed by atoms with van der Waals surface area (Å²) in [6.45, 7) is 2.40. The SMILES string of the molecule is CCOc1nn2[nH]c(CCO)nc2c1N. The van der Waals surface area contributed by atoms with Crippen molar-refractivity contribution in [3.05, 3.63) is 5.82 Å². The molecule has 0 atom stereocenters. The van der Waals surface area contributed by atoms with Crippen LogP contribution < -0.4 is 10.5 Å². The molecule has 15 heavy (non-hydrogen) atoms. The number of anilines is 1. The van der Waals surface area contributed by atoms with Crippen LogP contribution >= 0.6 is 0 Å². The van der Waals surface area contributed by atoms with Crippen LogP contribution in [0.1, 0.15) is 12.7 Å². The number of aliphatic hydroxyl groups is 1. The first-order valence-corrected chi connectivity index (χ1v) is 4.73. The van der Waals surface area contributed by atoms with Gasteiger partial charge in [-0.1, -0.05) is 0 Å². The molecule has 0 saturated carbocycles. The average Bonchev–Trinajstić information content (AvgIpc) is 2.70. The molecule has 0 aromatic carbocycles. The predicted molar refractivity (Wildman–Crippen MR) is 53.7 cm³/mol. The molecule has 7 heteroatoms. The van der Waals surface area contributed by atoms with Crippen LogP contribution in [0.5, 0.6) is 5.88 Å². The largest absolute Gasteiger partial charge is 0.475 e. The average molecular weight is 211 g/mol. The standard InChI is InChI=1S/C8H13N5O2/c1-2-15-8-6(9)7-10-5(3-4-14)11-13(7)12-8/h14H,2-4,9H2,1H3,(H,10,11). The van der Waals surface area contributed by atoms with Gasteiger partial charge in [0.15, 0.2) is 0 Å². The fourth-order valence-electron chi connectivity index (χ4n) is 1.32. The summed E-state index contributed by atoms with van der Waals surface area (Å²) in [6.07, 6.45) is 0.451. The van der Waals surface area contributed by atoms with Crippen molar-refractivity contribution in [3.8, 4) is 5.88 Å². The number of nitrogens with two attached hydrogens (primary N) is 1. The van der Waals surface area contributed by atoms with Crippen LogP contribution in [-0.2, 0) is 6.42 Å². The van der Waals surface area contributed by atoms with E-state index in [0.717, 1.165) is 0 Å². The first kappa shape index (κ1) is 9.78. The van der Waals surface area contributed by atoms with Crippen LogP contribution in [0, 0.1) is 0 Å². The predicted octanol–water partition coefficient (Wildman–Crippen LogP) is -0.427. The van der Waals surface area contributed by atoms with E-state index in [1.54, 1.807) is 0 Å². The molecule has 7 nitrogen and oxygen atoms in total. The highest BCUT2D eigenvalue weighted by atomic mass is 16.5. The fourth-order valence-corrected chi connectivity index (χ4v) is 1.32. The van der Waals surface area contributed by atoms with Crippen molar-refractivity contribution in [2.45, 2.75) is 13.3 Å². The summed E-state index contributed by atoms with van der Waals surface area (Å²) in [5, 5.41) is 15.7. The molecule has 0 spiro atoms. The Morgan fingerprint density at radius 2 is 2.40 bits per heavy atom. The molecule has 0 aliphatic heterocycles. The van der Waals surface area contributed by atoms with E-state index in [2.05, 4.69) is 15.2 Å². The second kappa shape index (κ2) is 3.77. The summed E-state index contributed by atoms with van der Waals surface area (Å²) < 4.78 is 6.66. The van der Waals surface area contributed by atoms with Crippen molar-refractivity contribution in [2.24, 2.45) is 0 Å². The Labute approximate surface area is 85.8 Å². The Kier molecular flexibility index (Phi) is 2.46. The number of hydrogen-bond donors (Lipinski definition) is 3. The van der Waals surface area contributed by atoms with Crippen LogP contribution in [0.25, 0.3) is 5.65 Å². The number of H-pyrrole nitrogens is 1. The number of nitrogen functional groups attached to an aromatic ring is 1. The maximum atomic E-state index is 8.74. The van der Waals surface area contributed by atoms with Crippen molar-refractivity contribution in [3.63, 3.8) is 0 Å². The topological polar surface area (TPSA) is 101 Å². The molecule has 0 aliphatic carbocycles. The molecule has 0 unspecified atom stereocenters. The normalized spacial score (nSPS) is 11.1. The van der Waals surface area contributed by atoms with Crippen LogP contribution in [0.2, 0.25) is 0 Å². The maximum Gasteiger partial charge on any atom is 0.260 e. The molecule has 0 aliphatic rings. The minimum atomic E-state index is 0.0366. The smallest absolute Gasteiger partial charge is 0.260 e. The molecule has 2 aromatic rings. The number of fused-ring (bicyclic) bond motifs is 1. The van der Waals surface area contributed by atoms with Crippen LogP contribution in [0.4, 0.5) is 5.69 Å². The van der Waals surface area contributed by atoms with Gasteiger partial charge >= 0.3 is 0 Å². The molecular weight excluding hydrogens is 198 g/mol. The molecule has 2 aromatic heterocycles. The number of aliphatic hydroxyl groups excluding tert-OH is 1. The van der Waals surface area contributed by atoms with Gasteiger partial charge in [-0.3, -0.25) is 5.10 Å². The third-order valence-corrected chi connectivity index (χ3v) is 1.97. The van der Waals surface area contributed by atoms with E-state index >= 15 is 0 Å². The fraction of sp³-hybridized carbons (Fsp3) is 0.500. The van der Waals surface area contributed by atoms with Gasteiger partial charge in [0.05, 0.1) is 13.2 Å². The number of hydrogen-bond acceptors (Lipinski definition) is 5. The zero-order valence-corrected chi connectivity index (χ0v) is 8.40. The van der Waals surface area contributed by atoms with Gasteiger partial charge in [-0.15, -0.1) is 9.73 Å². The Morgan fingerprint density at radius 3 is 3.00 bits per heavy atom. The van der Waals surface area contributed by atoms with Gasteiger partial charge in [0, 0.05) is 6.42 Å². The van der Waals surface area contributed by atoms with Crippen LogP contribution in [0.3, 0.4) is 0 Å². The zero-order valence-electron chi connectivity index (χ0n) is 8.40. The lowest BCUT2D eigenvalue weighted by Gasteiger charge is -1.97. The Bertz CT molecular complexity index is 461. The Morgan fingerprint density at radius 1 is 1.60 bits per heavy atom. The van der Waals surface area contributed by atoms with E-state index in [1.807, 2.05) is 6.92 Å². The quantitative estimate of drug-likeness (QED) is 0.637. The maximum absolute atomic E-state index is 8.74. The highest BCUT2D eigenvalue weighted by Gasteiger charge is 2.14. The summed E-state index contributed by atoms with van der Waals surface area (Å²) in [5.41, 5.74) is 6.72. The van der Waals surface area contributed by atoms with Crippen molar-refractivity contribution in [1.82, 2.24) is 19.8 Å². The number of aromatic nitrogens is 4. The number of rotatable bonds is 4. The van der Waals surface area contributed by atoms with E-state index in [0.29, 0.717) is 36.1 Å². The minimum Gasteiger partial charge on any atom is -0.475 e. The lowest BCUT2D eigenvalue weighted by atomic mass is 10.4. The van der Waals surface area contributed by atoms with Gasteiger partial charge in [-0.2, -0.15) is 0 Å². The van der Waals surface area contributed by atoms with Gasteiger partial charge in [0.25, 0.3) is 5.88 Å². The Hall–Kier alpha value is -1.76. The van der Waals surface area contributed by atoms with E-state index in [1.165, 1.54) is 4.63 Å². The number of nitrogens with one attached hydrogen (secondary N) is 1. The zero-order chi connectivity index (χ0) is 10.8. The third-order valence-electron chi connectivity index (χ3n) is 1.97. The van der Waals surface area contributed by atoms with E-state index < -0.39 is 0 Å². The molecule has 0 fully saturated rings. The first-order valence-electron chi connectivity index (χ1n) is 4.73. The van der Waals surface area contributed by atoms with Crippen molar-refractivity contribution < 1.29 is 9.84 Å². The summed E-state index contributed by atoms with van der Waals surface area (Å²) in [5.74, 6) is 1.03. The van der Waals surface area contributed by atoms with Gasteiger partial charge in [0.2, 0.25) is 5.65 Å². The van der Waals surface area contributed by atoms with Gasteiger partial charge < -0.3 is 15.6 Å². The van der Waals surface area contributed by atoms with E-state index in [4.69, 9.17) is 15.6 Å². The number of aromatic amines is 1. The molecule has 2 heterocycles. The van der Waals surface area contributed by atoms with E-state index in [9.17, 15) is 0 Å². The summed E-state index contributed by atoms with van der Waals surface area (Å²) >= 11 is 0. The summed E-state index contributed by atoms with van der Waals surface area (Å²) in [6, 6.07) is 0. The van der Waals surface area contributed by atoms with Crippen LogP contribution in [-0.4, -0.2) is 38.1 Å². The lowest BCUT2D eigenvalue weighted by Crippen LogP contribution is -1.98. The van der Waals surface area contributed by atoms with Crippen LogP contribution in [0.15, 0.2) is 0 Å². The number of ether oxygens (including phenoxy) is 1. The molecule has 0 bridgehead atoms. The second-order valence-corrected chi connectivity index (χ2v) is 3.03. The molecule has 0 saturated heterocycles. The molecule has 2 rings (SSSR count). The van der Waals surface area contributed by atoms with E-state index in [-0.39, 0.29) is 6.61 Å². The van der Waals surface area contributed by atoms with Crippen molar-refractivity contribution in [1.29, 1.82) is 0 Å². The molecule has 0 radical (unpaired) electrons. The number of nitrogens with zero attached hydrogens (tertiary/aromatic N) is 3. The summed E-state index contributed by atoms with van der Waals surface area (Å²) in [4.78, 5) is 4.18. The lowest BCUT2D eigenvalue weighted by molar-refractivity contribution is 0.296. The molecular formula is C8H13N5O2. The third kappa shape index (κ3) is 1.61. The van der Waals surface area contributed by atoms with Crippen molar-refractivity contribution in [2.75, 3.05) is 18.9 Å².